The maximum absolute atomic E-state index is 3.90. The van der Waals surface area contributed by atoms with E-state index in [1.807, 2.05) is 18.2 Å². The molecule has 2 nitrogen and oxygen atoms in total. The number of nitrogens with zero attached hydrogens (tertiary/aromatic N) is 2. The zero-order valence-electron chi connectivity index (χ0n) is 24.4. The smallest absolute Gasteiger partial charge is 0.0464 e. The summed E-state index contributed by atoms with van der Waals surface area (Å²) in [5, 5.41) is 0. The molecule has 6 aromatic rings. The summed E-state index contributed by atoms with van der Waals surface area (Å²) < 4.78 is 0. The van der Waals surface area contributed by atoms with Crippen LogP contribution in [0.25, 0.3) is 23.3 Å². The number of hydrogen-bond acceptors (Lipinski definition) is 2. The van der Waals surface area contributed by atoms with Crippen molar-refractivity contribution in [2.75, 3.05) is 9.80 Å². The molecule has 6 aromatic carbocycles. The number of benzene rings is 6. The normalized spacial score (nSPS) is 10.6. The third-order valence-electron chi connectivity index (χ3n) is 7.63. The molecule has 208 valence electrons. The van der Waals surface area contributed by atoms with Crippen molar-refractivity contribution >= 4 is 46.3 Å². The van der Waals surface area contributed by atoms with E-state index in [1.165, 1.54) is 16.7 Å². The lowest BCUT2D eigenvalue weighted by atomic mass is 10.0. The Balaban J connectivity index is 1.32. The molecule has 0 spiro atoms. The Kier molecular flexibility index (Phi) is 8.02. The van der Waals surface area contributed by atoms with Gasteiger partial charge in [0, 0.05) is 34.1 Å². The minimum Gasteiger partial charge on any atom is -0.311 e. The molecule has 0 bridgehead atoms. The first-order valence-corrected chi connectivity index (χ1v) is 14.5. The molecular weight excluding hydrogens is 520 g/mol. The molecule has 0 aromatic heterocycles. The van der Waals surface area contributed by atoms with Crippen molar-refractivity contribution < 1.29 is 0 Å². The van der Waals surface area contributed by atoms with Crippen LogP contribution in [0.1, 0.15) is 16.7 Å². The van der Waals surface area contributed by atoms with Crippen LogP contribution in [0.2, 0.25) is 0 Å². The Morgan fingerprint density at radius 2 is 0.767 bits per heavy atom. The van der Waals surface area contributed by atoms with Crippen LogP contribution in [0, 0.1) is 6.92 Å². The second-order valence-electron chi connectivity index (χ2n) is 10.5. The quantitative estimate of drug-likeness (QED) is 0.175. The van der Waals surface area contributed by atoms with Crippen molar-refractivity contribution in [3.8, 4) is 11.1 Å². The molecule has 0 amide bonds. The van der Waals surface area contributed by atoms with Crippen LogP contribution in [0.15, 0.2) is 165 Å². The van der Waals surface area contributed by atoms with Gasteiger partial charge in [0.05, 0.1) is 0 Å². The number of hydrogen-bond donors (Lipinski definition) is 0. The van der Waals surface area contributed by atoms with E-state index in [1.54, 1.807) is 0 Å². The summed E-state index contributed by atoms with van der Waals surface area (Å²) in [6, 6.07) is 53.7. The zero-order chi connectivity index (χ0) is 29.6. The van der Waals surface area contributed by atoms with Crippen molar-refractivity contribution in [1.82, 2.24) is 0 Å². The molecular formula is C41H34N2. The van der Waals surface area contributed by atoms with Gasteiger partial charge in [-0.05, 0) is 108 Å². The Hall–Kier alpha value is -5.60. The Bertz CT molecular complexity index is 1820. The van der Waals surface area contributed by atoms with Crippen molar-refractivity contribution in [3.05, 3.63) is 182 Å². The summed E-state index contributed by atoms with van der Waals surface area (Å²) >= 11 is 0. The lowest BCUT2D eigenvalue weighted by Crippen LogP contribution is -2.10. The van der Waals surface area contributed by atoms with Crippen molar-refractivity contribution in [2.45, 2.75) is 6.92 Å². The van der Waals surface area contributed by atoms with E-state index >= 15 is 0 Å². The van der Waals surface area contributed by atoms with Gasteiger partial charge in [0.15, 0.2) is 0 Å². The van der Waals surface area contributed by atoms with Crippen LogP contribution in [0.3, 0.4) is 0 Å². The molecule has 0 aliphatic carbocycles. The third kappa shape index (κ3) is 6.05. The van der Waals surface area contributed by atoms with Gasteiger partial charge in [-0.25, -0.2) is 0 Å². The van der Waals surface area contributed by atoms with Crippen LogP contribution in [-0.2, 0) is 0 Å². The van der Waals surface area contributed by atoms with Crippen LogP contribution < -0.4 is 9.80 Å². The van der Waals surface area contributed by atoms with E-state index < -0.39 is 0 Å². The number of rotatable bonds is 9. The van der Waals surface area contributed by atoms with Gasteiger partial charge < -0.3 is 9.80 Å². The van der Waals surface area contributed by atoms with Crippen LogP contribution in [-0.4, -0.2) is 0 Å². The highest BCUT2D eigenvalue weighted by molar-refractivity contribution is 5.81. The highest BCUT2D eigenvalue weighted by atomic mass is 15.1. The van der Waals surface area contributed by atoms with Gasteiger partial charge in [0.2, 0.25) is 0 Å². The van der Waals surface area contributed by atoms with Gasteiger partial charge >= 0.3 is 0 Å². The fourth-order valence-corrected chi connectivity index (χ4v) is 5.36. The molecule has 0 heterocycles. The third-order valence-corrected chi connectivity index (χ3v) is 7.63. The Morgan fingerprint density at radius 3 is 1.19 bits per heavy atom. The molecule has 43 heavy (non-hydrogen) atoms. The molecule has 0 radical (unpaired) electrons. The summed E-state index contributed by atoms with van der Waals surface area (Å²) in [5.74, 6) is 0. The van der Waals surface area contributed by atoms with Crippen LogP contribution in [0.4, 0.5) is 34.1 Å². The molecule has 0 aliphatic rings. The zero-order valence-corrected chi connectivity index (χ0v) is 24.4. The van der Waals surface area contributed by atoms with E-state index in [4.69, 9.17) is 0 Å². The average Bonchev–Trinajstić information content (AvgIpc) is 3.07. The van der Waals surface area contributed by atoms with Gasteiger partial charge in [-0.2, -0.15) is 0 Å². The summed E-state index contributed by atoms with van der Waals surface area (Å²) in [6.07, 6.45) is 3.74. The number of para-hydroxylation sites is 1. The van der Waals surface area contributed by atoms with Gasteiger partial charge in [-0.3, -0.25) is 0 Å². The lowest BCUT2D eigenvalue weighted by Gasteiger charge is -2.26. The first-order valence-electron chi connectivity index (χ1n) is 14.5. The number of aryl methyl sites for hydroxylation is 1. The average molecular weight is 555 g/mol. The molecule has 0 aliphatic heterocycles. The highest BCUT2D eigenvalue weighted by Gasteiger charge is 2.14. The standard InChI is InChI=1S/C41H34N2/c1-4-32-14-22-37(23-15-32)42(36-11-7-6-8-12-36)39-26-18-34(19-27-39)35-20-28-40(29-21-35)43(41-13-9-10-31(3)30-41)38-24-16-33(5-2)17-25-38/h4-30H,1-2H2,3H3. The van der Waals surface area contributed by atoms with E-state index in [0.717, 1.165) is 45.3 Å². The molecule has 0 N–H and O–H groups in total. The fourth-order valence-electron chi connectivity index (χ4n) is 5.36. The first-order chi connectivity index (χ1) is 21.1. The van der Waals surface area contributed by atoms with Gasteiger partial charge in [0.1, 0.15) is 0 Å². The topological polar surface area (TPSA) is 6.48 Å². The molecule has 0 unspecified atom stereocenters. The number of anilines is 6. The summed E-state index contributed by atoms with van der Waals surface area (Å²) in [4.78, 5) is 4.57. The van der Waals surface area contributed by atoms with Crippen LogP contribution in [0.5, 0.6) is 0 Å². The summed E-state index contributed by atoms with van der Waals surface area (Å²) in [7, 11) is 0. The lowest BCUT2D eigenvalue weighted by molar-refractivity contribution is 1.27. The SMILES string of the molecule is C=Cc1ccc(N(c2ccccc2)c2ccc(-c3ccc(N(c4ccc(C=C)cc4)c4cccc(C)c4)cc3)cc2)cc1. The monoisotopic (exact) mass is 554 g/mol. The first kappa shape index (κ1) is 27.6. The van der Waals surface area contributed by atoms with E-state index in [-0.39, 0.29) is 0 Å². The largest absolute Gasteiger partial charge is 0.311 e. The predicted octanol–water partition coefficient (Wildman–Crippen LogP) is 11.9. The fraction of sp³-hybridized carbons (Fsp3) is 0.0244. The van der Waals surface area contributed by atoms with Gasteiger partial charge in [-0.1, -0.05) is 104 Å². The minimum atomic E-state index is 1.10. The minimum absolute atomic E-state index is 1.10. The Labute approximate surface area is 255 Å². The summed E-state index contributed by atoms with van der Waals surface area (Å²) in [5.41, 5.74) is 12.4. The van der Waals surface area contributed by atoms with Crippen molar-refractivity contribution in [1.29, 1.82) is 0 Å². The highest BCUT2D eigenvalue weighted by Crippen LogP contribution is 2.38. The maximum Gasteiger partial charge on any atom is 0.0464 e. The predicted molar refractivity (Wildman–Crippen MR) is 186 cm³/mol. The summed E-state index contributed by atoms with van der Waals surface area (Å²) in [6.45, 7) is 9.93. The van der Waals surface area contributed by atoms with Gasteiger partial charge in [0.25, 0.3) is 0 Å². The molecule has 2 heteroatoms. The molecule has 0 saturated heterocycles. The van der Waals surface area contributed by atoms with E-state index in [0.29, 0.717) is 0 Å². The second-order valence-corrected chi connectivity index (χ2v) is 10.5. The molecule has 0 saturated carbocycles. The molecule has 6 rings (SSSR count). The van der Waals surface area contributed by atoms with E-state index in [2.05, 4.69) is 175 Å². The van der Waals surface area contributed by atoms with Crippen molar-refractivity contribution in [2.24, 2.45) is 0 Å². The Morgan fingerprint density at radius 1 is 0.395 bits per heavy atom. The maximum atomic E-state index is 3.90. The molecule has 0 fully saturated rings. The second kappa shape index (κ2) is 12.5. The van der Waals surface area contributed by atoms with Gasteiger partial charge in [-0.15, -0.1) is 0 Å². The van der Waals surface area contributed by atoms with Crippen LogP contribution >= 0.6 is 0 Å². The van der Waals surface area contributed by atoms with E-state index in [9.17, 15) is 0 Å². The molecule has 0 atom stereocenters. The van der Waals surface area contributed by atoms with Crippen molar-refractivity contribution in [3.63, 3.8) is 0 Å².